The van der Waals surface area contributed by atoms with E-state index in [9.17, 15) is 0 Å². The Hall–Kier alpha value is -0.900. The molecule has 0 aromatic heterocycles. The Bertz CT molecular complexity index is 357. The SMILES string of the molecule is COCCOCCC1(c2ccc(C)cc2)CNC1. The van der Waals surface area contributed by atoms with Crippen LogP contribution in [-0.4, -0.2) is 40.0 Å². The van der Waals surface area contributed by atoms with Crippen molar-refractivity contribution in [2.75, 3.05) is 40.0 Å². The molecule has 0 unspecified atom stereocenters. The van der Waals surface area contributed by atoms with Crippen molar-refractivity contribution in [3.8, 4) is 0 Å². The van der Waals surface area contributed by atoms with Crippen LogP contribution in [0, 0.1) is 6.92 Å². The second-order valence-electron chi connectivity index (χ2n) is 5.11. The smallest absolute Gasteiger partial charge is 0.0700 e. The molecule has 1 fully saturated rings. The molecule has 1 aliphatic rings. The summed E-state index contributed by atoms with van der Waals surface area (Å²) in [6, 6.07) is 8.90. The van der Waals surface area contributed by atoms with E-state index in [1.165, 1.54) is 11.1 Å². The van der Waals surface area contributed by atoms with Gasteiger partial charge in [-0.1, -0.05) is 29.8 Å². The third-order valence-corrected chi connectivity index (χ3v) is 3.75. The lowest BCUT2D eigenvalue weighted by Gasteiger charge is -2.43. The molecule has 0 radical (unpaired) electrons. The number of rotatable bonds is 7. The molecule has 3 nitrogen and oxygen atoms in total. The van der Waals surface area contributed by atoms with Crippen LogP contribution in [0.25, 0.3) is 0 Å². The summed E-state index contributed by atoms with van der Waals surface area (Å²) in [4.78, 5) is 0. The molecule has 3 heteroatoms. The van der Waals surface area contributed by atoms with E-state index in [4.69, 9.17) is 9.47 Å². The normalized spacial score (nSPS) is 17.4. The minimum atomic E-state index is 0.279. The second kappa shape index (κ2) is 6.32. The molecule has 100 valence electrons. The molecule has 0 bridgehead atoms. The highest BCUT2D eigenvalue weighted by Gasteiger charge is 2.37. The van der Waals surface area contributed by atoms with Crippen molar-refractivity contribution in [2.45, 2.75) is 18.8 Å². The van der Waals surface area contributed by atoms with Crippen LogP contribution in [-0.2, 0) is 14.9 Å². The maximum Gasteiger partial charge on any atom is 0.0700 e. The standard InChI is InChI=1S/C15H23NO2/c1-13-3-5-14(6-4-13)15(11-16-12-15)7-8-18-10-9-17-2/h3-6,16H,7-12H2,1-2H3. The Labute approximate surface area is 109 Å². The van der Waals surface area contributed by atoms with Gasteiger partial charge < -0.3 is 14.8 Å². The molecule has 0 spiro atoms. The quantitative estimate of drug-likeness (QED) is 0.749. The van der Waals surface area contributed by atoms with Crippen molar-refractivity contribution in [3.63, 3.8) is 0 Å². The molecule has 0 aliphatic carbocycles. The molecular weight excluding hydrogens is 226 g/mol. The van der Waals surface area contributed by atoms with Gasteiger partial charge in [-0.15, -0.1) is 0 Å². The minimum absolute atomic E-state index is 0.279. The maximum atomic E-state index is 5.60. The largest absolute Gasteiger partial charge is 0.382 e. The zero-order valence-electron chi connectivity index (χ0n) is 11.4. The summed E-state index contributed by atoms with van der Waals surface area (Å²) in [5.74, 6) is 0. The number of ether oxygens (including phenoxy) is 2. The minimum Gasteiger partial charge on any atom is -0.382 e. The van der Waals surface area contributed by atoms with E-state index in [0.717, 1.165) is 26.1 Å². The predicted molar refractivity (Wildman–Crippen MR) is 73.0 cm³/mol. The van der Waals surface area contributed by atoms with Crippen molar-refractivity contribution in [1.82, 2.24) is 5.32 Å². The number of hydrogen-bond acceptors (Lipinski definition) is 3. The van der Waals surface area contributed by atoms with E-state index in [0.29, 0.717) is 13.2 Å². The Balaban J connectivity index is 1.88. The zero-order chi connectivity index (χ0) is 12.8. The van der Waals surface area contributed by atoms with Crippen LogP contribution in [0.2, 0.25) is 0 Å². The van der Waals surface area contributed by atoms with Crippen LogP contribution < -0.4 is 5.32 Å². The molecule has 0 atom stereocenters. The molecule has 0 amide bonds. The van der Waals surface area contributed by atoms with Gasteiger partial charge in [-0.05, 0) is 18.9 Å². The number of aryl methyl sites for hydroxylation is 1. The molecule has 1 saturated heterocycles. The molecule has 2 rings (SSSR count). The van der Waals surface area contributed by atoms with Crippen LogP contribution in [0.5, 0.6) is 0 Å². The van der Waals surface area contributed by atoms with Crippen LogP contribution in [0.4, 0.5) is 0 Å². The van der Waals surface area contributed by atoms with E-state index >= 15 is 0 Å². The van der Waals surface area contributed by atoms with Crippen molar-refractivity contribution in [3.05, 3.63) is 35.4 Å². The van der Waals surface area contributed by atoms with Crippen molar-refractivity contribution < 1.29 is 9.47 Å². The number of methoxy groups -OCH3 is 1. The van der Waals surface area contributed by atoms with E-state index in [2.05, 4.69) is 36.5 Å². The lowest BCUT2D eigenvalue weighted by molar-refractivity contribution is 0.0546. The first-order chi connectivity index (χ1) is 8.77. The molecule has 0 saturated carbocycles. The summed E-state index contributed by atoms with van der Waals surface area (Å²) >= 11 is 0. The highest BCUT2D eigenvalue weighted by atomic mass is 16.5. The topological polar surface area (TPSA) is 30.5 Å². The maximum absolute atomic E-state index is 5.60. The van der Waals surface area contributed by atoms with Crippen LogP contribution >= 0.6 is 0 Å². The van der Waals surface area contributed by atoms with Crippen molar-refractivity contribution >= 4 is 0 Å². The van der Waals surface area contributed by atoms with Crippen LogP contribution in [0.3, 0.4) is 0 Å². The highest BCUT2D eigenvalue weighted by Crippen LogP contribution is 2.32. The van der Waals surface area contributed by atoms with Gasteiger partial charge in [0.25, 0.3) is 0 Å². The summed E-state index contributed by atoms with van der Waals surface area (Å²) in [5.41, 5.74) is 3.03. The average Bonchev–Trinajstić information content (AvgIpc) is 2.33. The summed E-state index contributed by atoms with van der Waals surface area (Å²) in [6.45, 7) is 6.42. The fourth-order valence-corrected chi connectivity index (χ4v) is 2.37. The van der Waals surface area contributed by atoms with E-state index in [1.807, 2.05) is 0 Å². The van der Waals surface area contributed by atoms with Gasteiger partial charge in [0.1, 0.15) is 0 Å². The monoisotopic (exact) mass is 249 g/mol. The van der Waals surface area contributed by atoms with Crippen LogP contribution in [0.1, 0.15) is 17.5 Å². The van der Waals surface area contributed by atoms with Gasteiger partial charge in [-0.2, -0.15) is 0 Å². The number of hydrogen-bond donors (Lipinski definition) is 1. The number of nitrogens with one attached hydrogen (secondary N) is 1. The first-order valence-electron chi connectivity index (χ1n) is 6.61. The van der Waals surface area contributed by atoms with Gasteiger partial charge in [0.2, 0.25) is 0 Å². The molecule has 1 aliphatic heterocycles. The average molecular weight is 249 g/mol. The van der Waals surface area contributed by atoms with Gasteiger partial charge in [0, 0.05) is 32.2 Å². The first kappa shape index (κ1) is 13.5. The molecule has 1 aromatic carbocycles. The van der Waals surface area contributed by atoms with Gasteiger partial charge in [-0.3, -0.25) is 0 Å². The Morgan fingerprint density at radius 3 is 2.39 bits per heavy atom. The molecule has 18 heavy (non-hydrogen) atoms. The Morgan fingerprint density at radius 1 is 1.11 bits per heavy atom. The summed E-state index contributed by atoms with van der Waals surface area (Å²) < 4.78 is 10.6. The molecule has 1 aromatic rings. The third-order valence-electron chi connectivity index (χ3n) is 3.75. The van der Waals surface area contributed by atoms with Gasteiger partial charge in [-0.25, -0.2) is 0 Å². The first-order valence-corrected chi connectivity index (χ1v) is 6.61. The van der Waals surface area contributed by atoms with Crippen LogP contribution in [0.15, 0.2) is 24.3 Å². The lowest BCUT2D eigenvalue weighted by Crippen LogP contribution is -2.57. The zero-order valence-corrected chi connectivity index (χ0v) is 11.4. The van der Waals surface area contributed by atoms with Crippen molar-refractivity contribution in [1.29, 1.82) is 0 Å². The number of benzene rings is 1. The Morgan fingerprint density at radius 2 is 1.83 bits per heavy atom. The summed E-state index contributed by atoms with van der Waals surface area (Å²) in [5, 5.41) is 3.39. The Kier molecular flexibility index (Phi) is 4.75. The summed E-state index contributed by atoms with van der Waals surface area (Å²) in [7, 11) is 1.70. The van der Waals surface area contributed by atoms with Gasteiger partial charge >= 0.3 is 0 Å². The fraction of sp³-hybridized carbons (Fsp3) is 0.600. The molecular formula is C15H23NO2. The third kappa shape index (κ3) is 3.10. The van der Waals surface area contributed by atoms with Crippen molar-refractivity contribution in [2.24, 2.45) is 0 Å². The van der Waals surface area contributed by atoms with Gasteiger partial charge in [0.15, 0.2) is 0 Å². The van der Waals surface area contributed by atoms with E-state index in [1.54, 1.807) is 7.11 Å². The van der Waals surface area contributed by atoms with E-state index in [-0.39, 0.29) is 5.41 Å². The molecule has 1 N–H and O–H groups in total. The van der Waals surface area contributed by atoms with E-state index < -0.39 is 0 Å². The van der Waals surface area contributed by atoms with Gasteiger partial charge in [0.05, 0.1) is 13.2 Å². The predicted octanol–water partition coefficient (Wildman–Crippen LogP) is 1.89. The second-order valence-corrected chi connectivity index (χ2v) is 5.11. The lowest BCUT2D eigenvalue weighted by atomic mass is 9.73. The molecule has 1 heterocycles. The fourth-order valence-electron chi connectivity index (χ4n) is 2.37. The summed E-state index contributed by atoms with van der Waals surface area (Å²) in [6.07, 6.45) is 1.08. The highest BCUT2D eigenvalue weighted by molar-refractivity contribution is 5.32.